The number of hydrogen-bond acceptors (Lipinski definition) is 4. The third-order valence-electron chi connectivity index (χ3n) is 4.17. The molecule has 0 unspecified atom stereocenters. The molecular formula is C21H23N3O4. The minimum Gasteiger partial charge on any atom is -0.494 e. The van der Waals surface area contributed by atoms with E-state index in [-0.39, 0.29) is 12.3 Å². The van der Waals surface area contributed by atoms with Gasteiger partial charge in [-0.2, -0.15) is 0 Å². The number of aromatic amines is 1. The molecule has 7 heteroatoms. The van der Waals surface area contributed by atoms with Crippen LogP contribution in [-0.4, -0.2) is 29.5 Å². The lowest BCUT2D eigenvalue weighted by atomic mass is 10.1. The lowest BCUT2D eigenvalue weighted by Crippen LogP contribution is -2.47. The Labute approximate surface area is 163 Å². The van der Waals surface area contributed by atoms with Gasteiger partial charge >= 0.3 is 0 Å². The van der Waals surface area contributed by atoms with Gasteiger partial charge in [0.05, 0.1) is 13.0 Å². The Bertz CT molecular complexity index is 950. The van der Waals surface area contributed by atoms with Gasteiger partial charge in [0.15, 0.2) is 6.10 Å². The molecule has 0 spiro atoms. The van der Waals surface area contributed by atoms with Crippen molar-refractivity contribution in [3.05, 3.63) is 60.3 Å². The van der Waals surface area contributed by atoms with Crippen molar-refractivity contribution in [1.29, 1.82) is 0 Å². The van der Waals surface area contributed by atoms with Crippen LogP contribution in [0.4, 0.5) is 0 Å². The largest absolute Gasteiger partial charge is 0.494 e. The molecule has 0 aliphatic carbocycles. The molecule has 3 aromatic rings. The van der Waals surface area contributed by atoms with E-state index in [0.29, 0.717) is 12.4 Å². The standard InChI is InChI=1S/C21H23N3O4/c1-3-27-16-8-10-17(11-9-16)28-14(2)21(26)24-23-20(25)12-15-13-22-19-7-5-4-6-18(15)19/h4-11,13-14,22H,3,12H2,1-2H3,(H,23,25)(H,24,26)/t14-/m0/s1. The third kappa shape index (κ3) is 4.82. The second-order valence-corrected chi connectivity index (χ2v) is 6.24. The van der Waals surface area contributed by atoms with Crippen LogP contribution in [0.25, 0.3) is 10.9 Å². The summed E-state index contributed by atoms with van der Waals surface area (Å²) in [5, 5.41) is 0.983. The van der Waals surface area contributed by atoms with E-state index in [9.17, 15) is 9.59 Å². The van der Waals surface area contributed by atoms with Gasteiger partial charge in [-0.3, -0.25) is 20.4 Å². The zero-order valence-corrected chi connectivity index (χ0v) is 15.8. The normalized spacial score (nSPS) is 11.6. The highest BCUT2D eigenvalue weighted by atomic mass is 16.5. The van der Waals surface area contributed by atoms with E-state index in [0.717, 1.165) is 22.2 Å². The van der Waals surface area contributed by atoms with Crippen LogP contribution in [-0.2, 0) is 16.0 Å². The molecule has 0 fully saturated rings. The molecule has 0 radical (unpaired) electrons. The molecule has 1 atom stereocenters. The maximum atomic E-state index is 12.2. The summed E-state index contributed by atoms with van der Waals surface area (Å²) < 4.78 is 10.9. The Hall–Kier alpha value is -3.48. The van der Waals surface area contributed by atoms with Gasteiger partial charge in [0.1, 0.15) is 11.5 Å². The van der Waals surface area contributed by atoms with Gasteiger partial charge in [-0.25, -0.2) is 0 Å². The molecule has 0 aliphatic heterocycles. The fourth-order valence-electron chi connectivity index (χ4n) is 2.77. The highest BCUT2D eigenvalue weighted by Crippen LogP contribution is 2.19. The van der Waals surface area contributed by atoms with E-state index >= 15 is 0 Å². The average Bonchev–Trinajstić information content (AvgIpc) is 3.10. The predicted octanol–water partition coefficient (Wildman–Crippen LogP) is 2.72. The summed E-state index contributed by atoms with van der Waals surface area (Å²) in [5.74, 6) is 0.514. The van der Waals surface area contributed by atoms with Crippen LogP contribution in [0.3, 0.4) is 0 Å². The summed E-state index contributed by atoms with van der Waals surface area (Å²) >= 11 is 0. The number of carbonyl (C=O) groups excluding carboxylic acids is 2. The lowest BCUT2D eigenvalue weighted by Gasteiger charge is -2.15. The van der Waals surface area contributed by atoms with Crippen LogP contribution in [0.5, 0.6) is 11.5 Å². The van der Waals surface area contributed by atoms with Crippen molar-refractivity contribution in [2.24, 2.45) is 0 Å². The first kappa shape index (κ1) is 19.3. The lowest BCUT2D eigenvalue weighted by molar-refractivity contribution is -0.132. The van der Waals surface area contributed by atoms with Gasteiger partial charge < -0.3 is 14.5 Å². The molecule has 3 rings (SSSR count). The first-order valence-electron chi connectivity index (χ1n) is 9.10. The monoisotopic (exact) mass is 381 g/mol. The topological polar surface area (TPSA) is 92.4 Å². The smallest absolute Gasteiger partial charge is 0.279 e. The Morgan fingerprint density at radius 2 is 1.75 bits per heavy atom. The summed E-state index contributed by atoms with van der Waals surface area (Å²) in [6.45, 7) is 4.10. The summed E-state index contributed by atoms with van der Waals surface area (Å²) in [6.07, 6.45) is 1.17. The number of rotatable bonds is 7. The molecule has 0 saturated heterocycles. The maximum Gasteiger partial charge on any atom is 0.279 e. The molecular weight excluding hydrogens is 358 g/mol. The molecule has 146 valence electrons. The van der Waals surface area contributed by atoms with Crippen molar-refractivity contribution < 1.29 is 19.1 Å². The number of hydrogen-bond donors (Lipinski definition) is 3. The van der Waals surface area contributed by atoms with Crippen molar-refractivity contribution in [3.63, 3.8) is 0 Å². The minimum atomic E-state index is -0.772. The second-order valence-electron chi connectivity index (χ2n) is 6.24. The molecule has 0 aliphatic rings. The number of fused-ring (bicyclic) bond motifs is 1. The molecule has 0 saturated carbocycles. The first-order chi connectivity index (χ1) is 13.6. The minimum absolute atomic E-state index is 0.151. The average molecular weight is 381 g/mol. The highest BCUT2D eigenvalue weighted by Gasteiger charge is 2.16. The van der Waals surface area contributed by atoms with Gasteiger partial charge in [0.2, 0.25) is 5.91 Å². The van der Waals surface area contributed by atoms with Crippen molar-refractivity contribution >= 4 is 22.7 Å². The maximum absolute atomic E-state index is 12.2. The molecule has 2 amide bonds. The summed E-state index contributed by atoms with van der Waals surface area (Å²) in [5.41, 5.74) is 6.65. The van der Waals surface area contributed by atoms with Crippen LogP contribution in [0, 0.1) is 0 Å². The first-order valence-corrected chi connectivity index (χ1v) is 9.10. The van der Waals surface area contributed by atoms with Crippen LogP contribution >= 0.6 is 0 Å². The Morgan fingerprint density at radius 1 is 1.04 bits per heavy atom. The van der Waals surface area contributed by atoms with Crippen LogP contribution in [0.15, 0.2) is 54.7 Å². The van der Waals surface area contributed by atoms with Crippen molar-refractivity contribution in [3.8, 4) is 11.5 Å². The van der Waals surface area contributed by atoms with Gasteiger partial charge in [0.25, 0.3) is 5.91 Å². The zero-order valence-electron chi connectivity index (χ0n) is 15.8. The van der Waals surface area contributed by atoms with Crippen LogP contribution in [0.1, 0.15) is 19.4 Å². The van der Waals surface area contributed by atoms with Gasteiger partial charge in [0, 0.05) is 17.1 Å². The fraction of sp³-hybridized carbons (Fsp3) is 0.238. The Morgan fingerprint density at radius 3 is 2.50 bits per heavy atom. The van der Waals surface area contributed by atoms with E-state index < -0.39 is 12.0 Å². The Kier molecular flexibility index (Phi) is 6.16. The highest BCUT2D eigenvalue weighted by molar-refractivity contribution is 5.90. The fourth-order valence-corrected chi connectivity index (χ4v) is 2.77. The molecule has 1 aromatic heterocycles. The van der Waals surface area contributed by atoms with Gasteiger partial charge in [-0.15, -0.1) is 0 Å². The van der Waals surface area contributed by atoms with E-state index in [1.54, 1.807) is 37.4 Å². The number of hydrazine groups is 1. The summed E-state index contributed by atoms with van der Waals surface area (Å²) in [4.78, 5) is 27.4. The number of benzene rings is 2. The number of aromatic nitrogens is 1. The van der Waals surface area contributed by atoms with Crippen LogP contribution < -0.4 is 20.3 Å². The van der Waals surface area contributed by atoms with Crippen molar-refractivity contribution in [2.45, 2.75) is 26.4 Å². The van der Waals surface area contributed by atoms with E-state index in [4.69, 9.17) is 9.47 Å². The molecule has 0 bridgehead atoms. The molecule has 7 nitrogen and oxygen atoms in total. The second kappa shape index (κ2) is 8.94. The predicted molar refractivity (Wildman–Crippen MR) is 106 cm³/mol. The van der Waals surface area contributed by atoms with Gasteiger partial charge in [-0.05, 0) is 49.7 Å². The third-order valence-corrected chi connectivity index (χ3v) is 4.17. The van der Waals surface area contributed by atoms with E-state index in [1.165, 1.54) is 0 Å². The summed E-state index contributed by atoms with van der Waals surface area (Å²) in [6, 6.07) is 14.7. The quantitative estimate of drug-likeness (QED) is 0.549. The molecule has 3 N–H and O–H groups in total. The number of amides is 2. The van der Waals surface area contributed by atoms with E-state index in [1.807, 2.05) is 31.2 Å². The van der Waals surface area contributed by atoms with Gasteiger partial charge in [-0.1, -0.05) is 18.2 Å². The zero-order chi connectivity index (χ0) is 19.9. The number of ether oxygens (including phenoxy) is 2. The molecule has 28 heavy (non-hydrogen) atoms. The summed E-state index contributed by atoms with van der Waals surface area (Å²) in [7, 11) is 0. The number of H-pyrrole nitrogens is 1. The molecule has 2 aromatic carbocycles. The SMILES string of the molecule is CCOc1ccc(O[C@@H](C)C(=O)NNC(=O)Cc2c[nH]c3ccccc23)cc1. The van der Waals surface area contributed by atoms with Crippen LogP contribution in [0.2, 0.25) is 0 Å². The Balaban J connectivity index is 1.48. The van der Waals surface area contributed by atoms with Crippen molar-refractivity contribution in [2.75, 3.05) is 6.61 Å². The number of para-hydroxylation sites is 1. The van der Waals surface area contributed by atoms with Crippen molar-refractivity contribution in [1.82, 2.24) is 15.8 Å². The van der Waals surface area contributed by atoms with E-state index in [2.05, 4.69) is 15.8 Å². The number of carbonyl (C=O) groups is 2. The number of nitrogens with one attached hydrogen (secondary N) is 3. The molecule has 1 heterocycles.